The highest BCUT2D eigenvalue weighted by Gasteiger charge is 2.28. The molecule has 0 bridgehead atoms. The maximum Gasteiger partial charge on any atom is 0.251 e. The van der Waals surface area contributed by atoms with E-state index in [0.717, 1.165) is 12.8 Å². The molecule has 1 fully saturated rings. The summed E-state index contributed by atoms with van der Waals surface area (Å²) in [5.41, 5.74) is 1.60. The summed E-state index contributed by atoms with van der Waals surface area (Å²) in [6, 6.07) is 16.4. The monoisotopic (exact) mass is 415 g/mol. The molecule has 1 saturated heterocycles. The fourth-order valence-corrected chi connectivity index (χ4v) is 4.85. The zero-order valence-corrected chi connectivity index (χ0v) is 17.9. The molecule has 1 aliphatic heterocycles. The quantitative estimate of drug-likeness (QED) is 0.754. The molecule has 1 aliphatic rings. The van der Waals surface area contributed by atoms with Crippen LogP contribution in [0.15, 0.2) is 59.5 Å². The molecule has 0 aliphatic carbocycles. The van der Waals surface area contributed by atoms with Gasteiger partial charge < -0.3 is 10.2 Å². The lowest BCUT2D eigenvalue weighted by Gasteiger charge is -2.31. The van der Waals surface area contributed by atoms with E-state index in [1.807, 2.05) is 32.2 Å². The van der Waals surface area contributed by atoms with Gasteiger partial charge >= 0.3 is 0 Å². The van der Waals surface area contributed by atoms with Gasteiger partial charge in [0.05, 0.1) is 4.90 Å². The molecule has 1 N–H and O–H groups in total. The number of benzene rings is 2. The number of hydrogen-bond donors (Lipinski definition) is 1. The van der Waals surface area contributed by atoms with Crippen LogP contribution in [0.5, 0.6) is 0 Å². The Morgan fingerprint density at radius 3 is 2.41 bits per heavy atom. The van der Waals surface area contributed by atoms with Crippen molar-refractivity contribution in [1.29, 1.82) is 0 Å². The predicted molar refractivity (Wildman–Crippen MR) is 114 cm³/mol. The Labute approximate surface area is 173 Å². The van der Waals surface area contributed by atoms with E-state index in [4.69, 9.17) is 0 Å². The molecule has 0 aromatic heterocycles. The van der Waals surface area contributed by atoms with Crippen LogP contribution in [0, 0.1) is 0 Å². The number of piperazine rings is 1. The number of sulfonamides is 1. The lowest BCUT2D eigenvalue weighted by Crippen LogP contribution is -2.47. The molecule has 1 amide bonds. The number of carbonyl (C=O) groups excluding carboxylic acids is 1. The van der Waals surface area contributed by atoms with Crippen LogP contribution < -0.4 is 5.32 Å². The van der Waals surface area contributed by atoms with Gasteiger partial charge in [-0.15, -0.1) is 0 Å². The highest BCUT2D eigenvalue weighted by molar-refractivity contribution is 7.89. The van der Waals surface area contributed by atoms with Crippen LogP contribution in [0.1, 0.15) is 29.3 Å². The van der Waals surface area contributed by atoms with Crippen molar-refractivity contribution in [3.8, 4) is 0 Å². The van der Waals surface area contributed by atoms with Gasteiger partial charge in [-0.1, -0.05) is 36.4 Å². The van der Waals surface area contributed by atoms with E-state index < -0.39 is 10.0 Å². The number of carbonyl (C=O) groups is 1. The summed E-state index contributed by atoms with van der Waals surface area (Å²) >= 11 is 0. The lowest BCUT2D eigenvalue weighted by molar-refractivity contribution is 0.0938. The molecule has 2 aromatic rings. The molecule has 1 heterocycles. The Bertz CT molecular complexity index is 923. The van der Waals surface area contributed by atoms with Crippen molar-refractivity contribution in [2.75, 3.05) is 33.2 Å². The van der Waals surface area contributed by atoms with E-state index in [9.17, 15) is 13.2 Å². The summed E-state index contributed by atoms with van der Waals surface area (Å²) in [6.45, 7) is 4.31. The topological polar surface area (TPSA) is 69.7 Å². The van der Waals surface area contributed by atoms with E-state index in [2.05, 4.69) is 22.3 Å². The zero-order valence-electron chi connectivity index (χ0n) is 17.0. The van der Waals surface area contributed by atoms with E-state index in [-0.39, 0.29) is 16.8 Å². The third kappa shape index (κ3) is 5.65. The molecule has 3 rings (SSSR count). The summed E-state index contributed by atoms with van der Waals surface area (Å²) < 4.78 is 27.3. The number of amides is 1. The molecule has 7 heteroatoms. The van der Waals surface area contributed by atoms with Crippen LogP contribution in [-0.4, -0.2) is 62.8 Å². The first-order valence-electron chi connectivity index (χ1n) is 10.00. The Kier molecular flexibility index (Phi) is 7.05. The fraction of sp³-hybridized carbons (Fsp3) is 0.409. The first kappa shape index (κ1) is 21.5. The first-order chi connectivity index (χ1) is 13.9. The number of nitrogens with one attached hydrogen (secondary N) is 1. The second-order valence-electron chi connectivity index (χ2n) is 7.63. The number of nitrogens with zero attached hydrogens (tertiary/aromatic N) is 2. The van der Waals surface area contributed by atoms with Gasteiger partial charge in [-0.25, -0.2) is 8.42 Å². The van der Waals surface area contributed by atoms with Crippen LogP contribution in [0.4, 0.5) is 0 Å². The third-order valence-electron chi connectivity index (χ3n) is 5.28. The van der Waals surface area contributed by atoms with Crippen molar-refractivity contribution in [3.05, 3.63) is 65.7 Å². The largest absolute Gasteiger partial charge is 0.350 e. The molecule has 2 aromatic carbocycles. The SMILES string of the molecule is C[C@H](CCc1ccccc1)NC(=O)c1cccc(S(=O)(=O)N2CCN(C)CC2)c1. The van der Waals surface area contributed by atoms with Crippen molar-refractivity contribution in [2.24, 2.45) is 0 Å². The van der Waals surface area contributed by atoms with Crippen LogP contribution >= 0.6 is 0 Å². The molecule has 0 spiro atoms. The van der Waals surface area contributed by atoms with E-state index in [1.165, 1.54) is 15.9 Å². The smallest absolute Gasteiger partial charge is 0.251 e. The van der Waals surface area contributed by atoms with Crippen molar-refractivity contribution < 1.29 is 13.2 Å². The Hall–Kier alpha value is -2.22. The zero-order chi connectivity index (χ0) is 20.9. The molecular formula is C22H29N3O3S. The summed E-state index contributed by atoms with van der Waals surface area (Å²) in [7, 11) is -1.61. The highest BCUT2D eigenvalue weighted by atomic mass is 32.2. The predicted octanol–water partition coefficient (Wildman–Crippen LogP) is 2.37. The van der Waals surface area contributed by atoms with E-state index in [1.54, 1.807) is 18.2 Å². The minimum atomic E-state index is -3.59. The van der Waals surface area contributed by atoms with Crippen LogP contribution in [-0.2, 0) is 16.4 Å². The van der Waals surface area contributed by atoms with E-state index in [0.29, 0.717) is 31.7 Å². The maximum absolute atomic E-state index is 12.9. The lowest BCUT2D eigenvalue weighted by atomic mass is 10.1. The Morgan fingerprint density at radius 1 is 1.03 bits per heavy atom. The van der Waals surface area contributed by atoms with Crippen molar-refractivity contribution in [2.45, 2.75) is 30.7 Å². The maximum atomic E-state index is 12.9. The minimum absolute atomic E-state index is 0.0133. The van der Waals surface area contributed by atoms with Gasteiger partial charge in [-0.2, -0.15) is 4.31 Å². The third-order valence-corrected chi connectivity index (χ3v) is 7.18. The number of hydrogen-bond acceptors (Lipinski definition) is 4. The van der Waals surface area contributed by atoms with Gasteiger partial charge in [0.1, 0.15) is 0 Å². The summed E-state index contributed by atoms with van der Waals surface area (Å²) in [5, 5.41) is 2.98. The number of likely N-dealkylation sites (N-methyl/N-ethyl adjacent to an activating group) is 1. The Balaban J connectivity index is 1.63. The molecule has 0 saturated carbocycles. The first-order valence-corrected chi connectivity index (χ1v) is 11.4. The summed E-state index contributed by atoms with van der Waals surface area (Å²) in [5.74, 6) is -0.249. The number of rotatable bonds is 7. The van der Waals surface area contributed by atoms with Crippen molar-refractivity contribution in [1.82, 2.24) is 14.5 Å². The molecular weight excluding hydrogens is 386 g/mol. The van der Waals surface area contributed by atoms with Crippen molar-refractivity contribution in [3.63, 3.8) is 0 Å². The Morgan fingerprint density at radius 2 is 1.72 bits per heavy atom. The molecule has 0 radical (unpaired) electrons. The average Bonchev–Trinajstić information content (AvgIpc) is 2.73. The average molecular weight is 416 g/mol. The van der Waals surface area contributed by atoms with Gasteiger partial charge in [0.2, 0.25) is 10.0 Å². The summed E-state index contributed by atoms with van der Waals surface area (Å²) in [4.78, 5) is 14.9. The minimum Gasteiger partial charge on any atom is -0.350 e. The molecule has 156 valence electrons. The van der Waals surface area contributed by atoms with Crippen LogP contribution in [0.25, 0.3) is 0 Å². The molecule has 6 nitrogen and oxygen atoms in total. The van der Waals surface area contributed by atoms with Crippen LogP contribution in [0.3, 0.4) is 0 Å². The normalized spacial score (nSPS) is 17.0. The molecule has 1 atom stereocenters. The fourth-order valence-electron chi connectivity index (χ4n) is 3.38. The van der Waals surface area contributed by atoms with Gasteiger partial charge in [-0.3, -0.25) is 4.79 Å². The molecule has 0 unspecified atom stereocenters. The van der Waals surface area contributed by atoms with Crippen molar-refractivity contribution >= 4 is 15.9 Å². The number of aryl methyl sites for hydroxylation is 1. The second-order valence-corrected chi connectivity index (χ2v) is 9.57. The van der Waals surface area contributed by atoms with Crippen LogP contribution in [0.2, 0.25) is 0 Å². The van der Waals surface area contributed by atoms with Gasteiger partial charge in [0.25, 0.3) is 5.91 Å². The van der Waals surface area contributed by atoms with Gasteiger partial charge in [-0.05, 0) is 50.6 Å². The molecule has 29 heavy (non-hydrogen) atoms. The second kappa shape index (κ2) is 9.52. The standard InChI is InChI=1S/C22H29N3O3S/c1-18(11-12-19-7-4-3-5-8-19)23-22(26)20-9-6-10-21(17-20)29(27,28)25-15-13-24(2)14-16-25/h3-10,17-18H,11-16H2,1-2H3,(H,23,26)/t18-/m1/s1. The van der Waals surface area contributed by atoms with Gasteiger partial charge in [0.15, 0.2) is 0 Å². The highest BCUT2D eigenvalue weighted by Crippen LogP contribution is 2.19. The van der Waals surface area contributed by atoms with Gasteiger partial charge in [0, 0.05) is 37.8 Å². The van der Waals surface area contributed by atoms with E-state index >= 15 is 0 Å². The summed E-state index contributed by atoms with van der Waals surface area (Å²) in [6.07, 6.45) is 1.69.